The Labute approximate surface area is 279 Å². The van der Waals surface area contributed by atoms with E-state index in [9.17, 15) is 10.2 Å². The Morgan fingerprint density at radius 3 is 1.19 bits per heavy atom. The summed E-state index contributed by atoms with van der Waals surface area (Å²) in [6, 6.07) is 10.2. The molecule has 0 unspecified atom stereocenters. The minimum Gasteiger partial charge on any atom is -0.870 e. The molecule has 2 aromatic rings. The van der Waals surface area contributed by atoms with Crippen molar-refractivity contribution in [2.24, 2.45) is 15.4 Å². The van der Waals surface area contributed by atoms with Crippen LogP contribution in [0.25, 0.3) is 0 Å². The monoisotopic (exact) mass is 739 g/mol. The minimum absolute atomic E-state index is 0. The molecule has 0 heterocycles. The Morgan fingerprint density at radius 2 is 0.953 bits per heavy atom. The van der Waals surface area contributed by atoms with Crippen LogP contribution in [0, 0.1) is 51.4 Å². The van der Waals surface area contributed by atoms with Crippen LogP contribution in [0.15, 0.2) is 46.4 Å². The maximum atomic E-state index is 12.1. The van der Waals surface area contributed by atoms with Gasteiger partial charge in [0.1, 0.15) is 11.5 Å². The van der Waals surface area contributed by atoms with Gasteiger partial charge in [-0.15, -0.1) is 0 Å². The van der Waals surface area contributed by atoms with Crippen LogP contribution in [0.5, 0.6) is 23.0 Å². The van der Waals surface area contributed by atoms with Gasteiger partial charge in [-0.3, -0.25) is 9.98 Å². The zero-order valence-corrected chi connectivity index (χ0v) is 27.0. The van der Waals surface area contributed by atoms with E-state index in [0.717, 1.165) is 0 Å². The molecule has 0 aliphatic carbocycles. The number of rotatable bonds is 8. The van der Waals surface area contributed by atoms with Crippen LogP contribution in [0.2, 0.25) is 0 Å². The first-order chi connectivity index (χ1) is 18.1. The van der Waals surface area contributed by atoms with Gasteiger partial charge in [0.05, 0.1) is 29.5 Å². The molecule has 0 atom stereocenters. The maximum absolute atomic E-state index is 12.1. The topological polar surface area (TPSA) is 354 Å². The molecule has 6 N–H and O–H groups in total. The predicted octanol–water partition coefficient (Wildman–Crippen LogP) is -0.151. The first-order valence-corrected chi connectivity index (χ1v) is 10.2. The largest absolute Gasteiger partial charge is 3.00 e. The summed E-state index contributed by atoms with van der Waals surface area (Å²) in [6.07, 6.45) is 3.13. The van der Waals surface area contributed by atoms with Crippen LogP contribution in [-0.4, -0.2) is 55.0 Å². The van der Waals surface area contributed by atoms with Gasteiger partial charge < -0.3 is 76.6 Å². The third-order valence-corrected chi connectivity index (χ3v) is 3.96. The second-order valence-electron chi connectivity index (χ2n) is 7.53. The number of nitrogens with zero attached hydrogens (tertiary/aromatic N) is 5. The number of benzene rings is 2. The Kier molecular flexibility index (Phi) is 34.0. The van der Waals surface area contributed by atoms with Crippen LogP contribution in [0.3, 0.4) is 0 Å². The van der Waals surface area contributed by atoms with Crippen LogP contribution in [0.1, 0.15) is 25.0 Å². The molecule has 0 bridgehead atoms. The summed E-state index contributed by atoms with van der Waals surface area (Å²) in [4.78, 5) is 33.5. The van der Waals surface area contributed by atoms with Crippen molar-refractivity contribution in [3.8, 4) is 23.0 Å². The third kappa shape index (κ3) is 28.0. The van der Waals surface area contributed by atoms with Crippen LogP contribution in [0.4, 0.5) is 0 Å². The molecule has 0 aliphatic rings. The van der Waals surface area contributed by atoms with Crippen LogP contribution >= 0.6 is 0 Å². The minimum atomic E-state index is -1.75. The molecule has 2 rings (SSSR count). The summed E-state index contributed by atoms with van der Waals surface area (Å²) in [6.45, 7) is 5.02. The van der Waals surface area contributed by atoms with Gasteiger partial charge in [0.25, 0.3) is 0 Å². The predicted molar refractivity (Wildman–Crippen MR) is 144 cm³/mol. The van der Waals surface area contributed by atoms with E-state index in [4.69, 9.17) is 55.4 Å². The summed E-state index contributed by atoms with van der Waals surface area (Å²) >= 11 is 0. The fraction of sp³-hybridized carbons (Fsp3) is 0.333. The summed E-state index contributed by atoms with van der Waals surface area (Å²) < 4.78 is 10.1. The molecule has 0 fully saturated rings. The summed E-state index contributed by atoms with van der Waals surface area (Å²) in [7, 11) is 2.93. The number of hydrogen-bond donors (Lipinski definition) is 0. The second-order valence-corrected chi connectivity index (χ2v) is 7.53. The molecule has 0 saturated heterocycles. The van der Waals surface area contributed by atoms with Gasteiger partial charge in [-0.05, 0) is 23.3 Å². The Morgan fingerprint density at radius 1 is 0.698 bits per heavy atom. The molecule has 0 aromatic heterocycles. The van der Waals surface area contributed by atoms with Crippen molar-refractivity contribution in [3.63, 3.8) is 0 Å². The normalized spacial score (nSPS) is 9.21. The van der Waals surface area contributed by atoms with Gasteiger partial charge >= 0.3 is 49.2 Å². The Hall–Kier alpha value is -3.90. The quantitative estimate of drug-likeness (QED) is 0.112. The zero-order chi connectivity index (χ0) is 30.6. The van der Waals surface area contributed by atoms with Crippen molar-refractivity contribution in [3.05, 3.63) is 93.5 Å². The fourth-order valence-electron chi connectivity index (χ4n) is 2.42. The van der Waals surface area contributed by atoms with E-state index in [2.05, 4.69) is 9.98 Å². The average Bonchev–Trinajstić information content (AvgIpc) is 2.80. The van der Waals surface area contributed by atoms with E-state index in [-0.39, 0.29) is 77.1 Å². The van der Waals surface area contributed by atoms with Crippen molar-refractivity contribution >= 4 is 12.4 Å². The molecule has 2 aromatic carbocycles. The van der Waals surface area contributed by atoms with Crippen LogP contribution < -0.4 is 19.7 Å². The van der Waals surface area contributed by atoms with E-state index in [1.807, 2.05) is 13.8 Å². The second kappa shape index (κ2) is 28.2. The van der Waals surface area contributed by atoms with Gasteiger partial charge in [0.2, 0.25) is 0 Å². The van der Waals surface area contributed by atoms with Crippen molar-refractivity contribution < 1.29 is 95.1 Å². The molecule has 43 heavy (non-hydrogen) atoms. The van der Waals surface area contributed by atoms with Crippen molar-refractivity contribution in [1.82, 2.24) is 0 Å². The first-order valence-electron chi connectivity index (χ1n) is 10.2. The molecule has 240 valence electrons. The Balaban J connectivity index is -0.000000183. The summed E-state index contributed by atoms with van der Waals surface area (Å²) in [5, 5.41) is 68.4. The van der Waals surface area contributed by atoms with Gasteiger partial charge in [-0.1, -0.05) is 49.6 Å². The van der Waals surface area contributed by atoms with Crippen molar-refractivity contribution in [2.45, 2.75) is 13.8 Å². The molecule has 0 radical (unpaired) electrons. The smallest absolute Gasteiger partial charge is 0.870 e. The molecule has 22 heteroatoms. The molecule has 0 saturated carbocycles. The molecular formula is C21H30N5NiO15Y+2. The SMILES string of the molecule is COc1cccc(C=NCC(C)(C)CN=Cc2cccc(OC)c2[O-])c1[O-].O=[N+]([O-])[O-].O=[N+]([O-])[O-].O=[N+]([O-])[O-].[Ni+2].[OH3+].[OH3+].[Y+3]. The molecular weight excluding hydrogens is 710 g/mol. The fourth-order valence-corrected chi connectivity index (χ4v) is 2.42. The number of para-hydroxylation sites is 2. The van der Waals surface area contributed by atoms with E-state index >= 15 is 0 Å². The zero-order valence-electron chi connectivity index (χ0n) is 23.1. The van der Waals surface area contributed by atoms with Gasteiger partial charge in [-0.2, -0.15) is 0 Å². The van der Waals surface area contributed by atoms with E-state index in [0.29, 0.717) is 35.7 Å². The third-order valence-electron chi connectivity index (χ3n) is 3.96. The first kappa shape index (κ1) is 51.8. The summed E-state index contributed by atoms with van der Waals surface area (Å²) in [5.74, 6) is 0.241. The van der Waals surface area contributed by atoms with Crippen LogP contribution in [-0.2, 0) is 60.2 Å². The van der Waals surface area contributed by atoms with Gasteiger partial charge in [0, 0.05) is 30.9 Å². The standard InChI is InChI=1S/C21H26N2O4.3NO3.Ni.2H2O.Y/c1-21(2,13-22-11-15-7-5-9-17(26-3)19(15)24)14-23-12-16-8-6-10-18(27-4)20(16)25;3*2-1(3)4;;;;/h5-12,24-25H,13-14H2,1-4H3;;;;;2*1H2;/q;3*-1;+2;;;+3. The number of ether oxygens (including phenoxy) is 2. The van der Waals surface area contributed by atoms with Crippen molar-refractivity contribution in [1.29, 1.82) is 0 Å². The molecule has 20 nitrogen and oxygen atoms in total. The summed E-state index contributed by atoms with van der Waals surface area (Å²) in [5.41, 5.74) is 0.749. The maximum Gasteiger partial charge on any atom is 3.00 e. The molecule has 0 amide bonds. The van der Waals surface area contributed by atoms with E-state index < -0.39 is 15.3 Å². The van der Waals surface area contributed by atoms with E-state index in [1.165, 1.54) is 14.2 Å². The van der Waals surface area contributed by atoms with Gasteiger partial charge in [0.15, 0.2) is 0 Å². The average molecular weight is 740 g/mol. The van der Waals surface area contributed by atoms with E-state index in [1.54, 1.807) is 48.8 Å². The molecule has 0 aliphatic heterocycles. The van der Waals surface area contributed by atoms with Gasteiger partial charge in [-0.25, -0.2) is 0 Å². The number of methoxy groups -OCH3 is 2. The Bertz CT molecular complexity index is 1030. The molecule has 0 spiro atoms. The number of hydrogen-bond acceptors (Lipinski definition) is 15. The van der Waals surface area contributed by atoms with Crippen molar-refractivity contribution in [2.75, 3.05) is 27.3 Å². The number of aliphatic imine (C=N–C) groups is 2.